The number of rotatable bonds is 3. The van der Waals surface area contributed by atoms with Crippen molar-refractivity contribution in [3.8, 4) is 0 Å². The number of halogens is 1. The first-order valence-electron chi connectivity index (χ1n) is 2.77. The predicted octanol–water partition coefficient (Wildman–Crippen LogP) is 0.494. The summed E-state index contributed by atoms with van der Waals surface area (Å²) < 4.78 is 0. The molecule has 8 heavy (non-hydrogen) atoms. The van der Waals surface area contributed by atoms with Gasteiger partial charge in [0.25, 0.3) is 0 Å². The minimum absolute atomic E-state index is 0. The van der Waals surface area contributed by atoms with Crippen LogP contribution in [-0.2, 0) is 0 Å². The molecule has 1 atom stereocenters. The van der Waals surface area contributed by atoms with E-state index in [-0.39, 0.29) is 12.4 Å². The van der Waals surface area contributed by atoms with E-state index in [4.69, 9.17) is 11.5 Å². The zero-order chi connectivity index (χ0) is 5.70. The number of hydrogen-bond donors (Lipinski definition) is 2. The molecule has 0 aromatic rings. The van der Waals surface area contributed by atoms with Crippen molar-refractivity contribution in [1.82, 2.24) is 0 Å². The molecule has 0 spiro atoms. The van der Waals surface area contributed by atoms with E-state index >= 15 is 0 Å². The molecule has 0 bridgehead atoms. The Bertz CT molecular complexity index is 41.4. The lowest BCUT2D eigenvalue weighted by Gasteiger charge is -2.03. The van der Waals surface area contributed by atoms with Gasteiger partial charge in [-0.3, -0.25) is 0 Å². The average molecular weight is 139 g/mol. The topological polar surface area (TPSA) is 52.0 Å². The van der Waals surface area contributed by atoms with Crippen molar-refractivity contribution in [3.63, 3.8) is 0 Å². The molecule has 0 amide bonds. The summed E-state index contributed by atoms with van der Waals surface area (Å²) in [5.74, 6) is 0. The summed E-state index contributed by atoms with van der Waals surface area (Å²) in [6, 6.07) is 0.324. The monoisotopic (exact) mass is 138 g/mol. The summed E-state index contributed by atoms with van der Waals surface area (Å²) in [6.07, 6.45) is 1.99. The number of hydrogen-bond acceptors (Lipinski definition) is 2. The highest BCUT2D eigenvalue weighted by Crippen LogP contribution is 1.88. The van der Waals surface area contributed by atoms with E-state index in [1.807, 2.05) is 0 Å². The molecule has 4 N–H and O–H groups in total. The van der Waals surface area contributed by atoms with Crippen LogP contribution in [0, 0.1) is 0 Å². The normalized spacial score (nSPS) is 12.4. The van der Waals surface area contributed by atoms with Gasteiger partial charge in [-0.25, -0.2) is 0 Å². The van der Waals surface area contributed by atoms with Crippen molar-refractivity contribution in [3.05, 3.63) is 0 Å². The van der Waals surface area contributed by atoms with Gasteiger partial charge in [-0.15, -0.1) is 12.4 Å². The summed E-state index contributed by atoms with van der Waals surface area (Å²) in [4.78, 5) is 0. The van der Waals surface area contributed by atoms with Gasteiger partial charge in [0, 0.05) is 6.04 Å². The fourth-order valence-electron chi connectivity index (χ4n) is 0.418. The highest BCUT2D eigenvalue weighted by Gasteiger charge is 1.92. The summed E-state index contributed by atoms with van der Waals surface area (Å²) in [7, 11) is 0. The second-order valence-electron chi connectivity index (χ2n) is 1.75. The van der Waals surface area contributed by atoms with E-state index in [9.17, 15) is 0 Å². The lowest BCUT2D eigenvalue weighted by molar-refractivity contribution is 0.604. The van der Waals surface area contributed by atoms with E-state index < -0.39 is 0 Å². The Hall–Kier alpha value is 0.210. The van der Waals surface area contributed by atoms with Crippen LogP contribution >= 0.6 is 12.4 Å². The molecule has 0 aromatic heterocycles. The van der Waals surface area contributed by atoms with Crippen LogP contribution in [0.4, 0.5) is 0 Å². The highest BCUT2D eigenvalue weighted by molar-refractivity contribution is 5.85. The third kappa shape index (κ3) is 6.21. The van der Waals surface area contributed by atoms with Crippen LogP contribution in [0.1, 0.15) is 19.8 Å². The second-order valence-corrected chi connectivity index (χ2v) is 1.75. The van der Waals surface area contributed by atoms with Crippen LogP contribution in [0.2, 0.25) is 0 Å². The molecule has 0 heterocycles. The zero-order valence-corrected chi connectivity index (χ0v) is 6.08. The first-order chi connectivity index (χ1) is 3.31. The van der Waals surface area contributed by atoms with Gasteiger partial charge in [-0.05, 0) is 19.4 Å². The van der Waals surface area contributed by atoms with E-state index in [1.165, 1.54) is 0 Å². The quantitative estimate of drug-likeness (QED) is 0.597. The zero-order valence-electron chi connectivity index (χ0n) is 5.26. The van der Waals surface area contributed by atoms with Gasteiger partial charge < -0.3 is 11.5 Å². The smallest absolute Gasteiger partial charge is 0.00482 e. The molecule has 0 saturated heterocycles. The first kappa shape index (κ1) is 11.1. The Morgan fingerprint density at radius 2 is 2.00 bits per heavy atom. The third-order valence-electron chi connectivity index (χ3n) is 1.06. The minimum Gasteiger partial charge on any atom is -0.330 e. The molecule has 0 radical (unpaired) electrons. The van der Waals surface area contributed by atoms with Crippen LogP contribution in [-0.4, -0.2) is 12.6 Å². The Balaban J connectivity index is 0. The Morgan fingerprint density at radius 3 is 2.12 bits per heavy atom. The summed E-state index contributed by atoms with van der Waals surface area (Å²) >= 11 is 0. The van der Waals surface area contributed by atoms with Gasteiger partial charge in [0.2, 0.25) is 0 Å². The highest BCUT2D eigenvalue weighted by atomic mass is 35.5. The van der Waals surface area contributed by atoms with Crippen molar-refractivity contribution < 1.29 is 0 Å². The van der Waals surface area contributed by atoms with Crippen LogP contribution < -0.4 is 11.5 Å². The maximum absolute atomic E-state index is 5.50. The predicted molar refractivity (Wildman–Crippen MR) is 39.2 cm³/mol. The number of nitrogens with two attached hydrogens (primary N) is 2. The maximum atomic E-state index is 5.50. The lowest BCUT2D eigenvalue weighted by atomic mass is 10.2. The van der Waals surface area contributed by atoms with Gasteiger partial charge >= 0.3 is 0 Å². The van der Waals surface area contributed by atoms with Crippen molar-refractivity contribution in [2.24, 2.45) is 11.5 Å². The molecule has 2 nitrogen and oxygen atoms in total. The van der Waals surface area contributed by atoms with Gasteiger partial charge in [-0.2, -0.15) is 0 Å². The summed E-state index contributed by atoms with van der Waals surface area (Å²) in [6.45, 7) is 2.79. The third-order valence-corrected chi connectivity index (χ3v) is 1.06. The molecule has 0 saturated carbocycles. The standard InChI is InChI=1S/C5H14N2.ClH/c1-2-5(7)3-4-6;/h5H,2-4,6-7H2,1H3;1H. The minimum atomic E-state index is 0. The lowest BCUT2D eigenvalue weighted by Crippen LogP contribution is -2.22. The maximum Gasteiger partial charge on any atom is 0.00482 e. The molecular formula is C5H15ClN2. The Kier molecular flexibility index (Phi) is 9.97. The molecule has 1 unspecified atom stereocenters. The first-order valence-corrected chi connectivity index (χ1v) is 2.77. The largest absolute Gasteiger partial charge is 0.330 e. The summed E-state index contributed by atoms with van der Waals surface area (Å²) in [5, 5.41) is 0. The van der Waals surface area contributed by atoms with Gasteiger partial charge in [-0.1, -0.05) is 6.92 Å². The van der Waals surface area contributed by atoms with Crippen LogP contribution in [0.25, 0.3) is 0 Å². The van der Waals surface area contributed by atoms with Crippen molar-refractivity contribution in [1.29, 1.82) is 0 Å². The molecule has 3 heteroatoms. The Morgan fingerprint density at radius 1 is 1.50 bits per heavy atom. The van der Waals surface area contributed by atoms with E-state index in [0.29, 0.717) is 6.04 Å². The van der Waals surface area contributed by atoms with E-state index in [0.717, 1.165) is 19.4 Å². The molecule has 0 aliphatic heterocycles. The van der Waals surface area contributed by atoms with Gasteiger partial charge in [0.15, 0.2) is 0 Å². The molecule has 0 fully saturated rings. The molecule has 0 aromatic carbocycles. The molecule has 0 rings (SSSR count). The molecule has 52 valence electrons. The van der Waals surface area contributed by atoms with E-state index in [1.54, 1.807) is 0 Å². The second kappa shape index (κ2) is 7.21. The average Bonchev–Trinajstić information content (AvgIpc) is 1.68. The van der Waals surface area contributed by atoms with Crippen molar-refractivity contribution >= 4 is 12.4 Å². The van der Waals surface area contributed by atoms with Crippen molar-refractivity contribution in [2.75, 3.05) is 6.54 Å². The van der Waals surface area contributed by atoms with Crippen molar-refractivity contribution in [2.45, 2.75) is 25.8 Å². The molecular weight excluding hydrogens is 124 g/mol. The van der Waals surface area contributed by atoms with Crippen LogP contribution in [0.3, 0.4) is 0 Å². The summed E-state index contributed by atoms with van der Waals surface area (Å²) in [5.41, 5.74) is 10.7. The van der Waals surface area contributed by atoms with Gasteiger partial charge in [0.05, 0.1) is 0 Å². The van der Waals surface area contributed by atoms with Crippen LogP contribution in [0.15, 0.2) is 0 Å². The SMILES string of the molecule is CCC(N)CCN.Cl. The molecule has 0 aliphatic carbocycles. The van der Waals surface area contributed by atoms with Gasteiger partial charge in [0.1, 0.15) is 0 Å². The fraction of sp³-hybridized carbons (Fsp3) is 1.00. The fourth-order valence-corrected chi connectivity index (χ4v) is 0.418. The van der Waals surface area contributed by atoms with E-state index in [2.05, 4.69) is 6.92 Å². The van der Waals surface area contributed by atoms with Crippen LogP contribution in [0.5, 0.6) is 0 Å². The Labute approximate surface area is 57.0 Å². The molecule has 0 aliphatic rings.